The number of carboxylic acid groups (broad SMARTS) is 1. The van der Waals surface area contributed by atoms with Crippen molar-refractivity contribution >= 4 is 33.5 Å². The van der Waals surface area contributed by atoms with Gasteiger partial charge in [0.05, 0.1) is 23.2 Å². The van der Waals surface area contributed by atoms with Crippen LogP contribution in [0.1, 0.15) is 26.2 Å². The third-order valence-corrected chi connectivity index (χ3v) is 6.48. The Morgan fingerprint density at radius 2 is 2.15 bits per heavy atom. The molecule has 6 nitrogen and oxygen atoms in total. The zero-order chi connectivity index (χ0) is 15.2. The molecular weight excluding hydrogens is 302 g/mol. The van der Waals surface area contributed by atoms with Crippen molar-refractivity contribution in [3.8, 4) is 0 Å². The second-order valence-corrected chi connectivity index (χ2v) is 8.58. The number of amides is 1. The maximum atomic E-state index is 11.5. The van der Waals surface area contributed by atoms with E-state index in [9.17, 15) is 18.0 Å². The lowest BCUT2D eigenvalue weighted by Gasteiger charge is -2.09. The number of carbonyl (C=O) groups excluding carboxylic acids is 1. The summed E-state index contributed by atoms with van der Waals surface area (Å²) in [5.41, 5.74) is 0. The predicted octanol–water partition coefficient (Wildman–Crippen LogP) is 0.524. The molecule has 116 valence electrons. The Bertz CT molecular complexity index is 449. The number of carbonyl (C=O) groups is 2. The van der Waals surface area contributed by atoms with Gasteiger partial charge >= 0.3 is 5.97 Å². The van der Waals surface area contributed by atoms with Crippen LogP contribution in [0.25, 0.3) is 0 Å². The molecule has 2 atom stereocenters. The fraction of sp³-hybridized carbons (Fsp3) is 0.833. The zero-order valence-electron chi connectivity index (χ0n) is 11.5. The van der Waals surface area contributed by atoms with Gasteiger partial charge in [-0.05, 0) is 19.3 Å². The lowest BCUT2D eigenvalue weighted by Crippen LogP contribution is -2.27. The van der Waals surface area contributed by atoms with E-state index in [-0.39, 0.29) is 28.4 Å². The van der Waals surface area contributed by atoms with E-state index in [2.05, 4.69) is 5.32 Å². The Hall–Kier alpha value is -0.760. The quantitative estimate of drug-likeness (QED) is 0.632. The van der Waals surface area contributed by atoms with Crippen LogP contribution in [0.3, 0.4) is 0 Å². The number of carboxylic acids is 1. The molecule has 8 heteroatoms. The molecule has 1 rings (SSSR count). The van der Waals surface area contributed by atoms with E-state index in [4.69, 9.17) is 5.11 Å². The van der Waals surface area contributed by atoms with Gasteiger partial charge in [-0.25, -0.2) is 8.42 Å². The first-order valence-corrected chi connectivity index (χ1v) is 9.48. The summed E-state index contributed by atoms with van der Waals surface area (Å²) < 4.78 is 22.5. The van der Waals surface area contributed by atoms with E-state index in [1.54, 1.807) is 6.92 Å². The topological polar surface area (TPSA) is 101 Å². The zero-order valence-corrected chi connectivity index (χ0v) is 13.1. The van der Waals surface area contributed by atoms with Gasteiger partial charge in [-0.3, -0.25) is 9.59 Å². The predicted molar refractivity (Wildman–Crippen MR) is 78.6 cm³/mol. The van der Waals surface area contributed by atoms with Gasteiger partial charge in [0.15, 0.2) is 9.84 Å². The van der Waals surface area contributed by atoms with Gasteiger partial charge in [0.2, 0.25) is 5.91 Å². The molecule has 2 unspecified atom stereocenters. The summed E-state index contributed by atoms with van der Waals surface area (Å²) >= 11 is 1.38. The molecule has 1 fully saturated rings. The van der Waals surface area contributed by atoms with E-state index >= 15 is 0 Å². The Kier molecular flexibility index (Phi) is 6.81. The van der Waals surface area contributed by atoms with E-state index in [1.165, 1.54) is 11.8 Å². The van der Waals surface area contributed by atoms with E-state index in [1.807, 2.05) is 0 Å². The van der Waals surface area contributed by atoms with Crippen molar-refractivity contribution in [1.29, 1.82) is 0 Å². The summed E-state index contributed by atoms with van der Waals surface area (Å²) in [6.45, 7) is 2.10. The maximum Gasteiger partial charge on any atom is 0.306 e. The van der Waals surface area contributed by atoms with Gasteiger partial charge in [0, 0.05) is 11.8 Å². The lowest BCUT2D eigenvalue weighted by molar-refractivity contribution is -0.141. The summed E-state index contributed by atoms with van der Waals surface area (Å²) in [5, 5.41) is 11.4. The molecule has 0 aromatic rings. The van der Waals surface area contributed by atoms with Crippen LogP contribution in [0.15, 0.2) is 0 Å². The molecule has 1 amide bonds. The second kappa shape index (κ2) is 7.87. The molecule has 1 aliphatic heterocycles. The highest BCUT2D eigenvalue weighted by atomic mass is 32.2. The third kappa shape index (κ3) is 6.60. The Morgan fingerprint density at radius 3 is 2.70 bits per heavy atom. The normalized spacial score (nSPS) is 22.4. The average molecular weight is 323 g/mol. The molecule has 0 bridgehead atoms. The highest BCUT2D eigenvalue weighted by Gasteiger charge is 2.28. The minimum Gasteiger partial charge on any atom is -0.481 e. The fourth-order valence-electron chi connectivity index (χ4n) is 1.90. The summed E-state index contributed by atoms with van der Waals surface area (Å²) in [5.74, 6) is -0.698. The molecular formula is C12H21NO5S2. The first kappa shape index (κ1) is 17.3. The highest BCUT2D eigenvalue weighted by Crippen LogP contribution is 2.23. The summed E-state index contributed by atoms with van der Waals surface area (Å²) in [6, 6.07) is 0. The number of hydrogen-bond acceptors (Lipinski definition) is 5. The van der Waals surface area contributed by atoms with E-state index in [0.717, 1.165) is 0 Å². The fourth-order valence-corrected chi connectivity index (χ4v) is 5.37. The number of aliphatic carboxylic acids is 1. The lowest BCUT2D eigenvalue weighted by atomic mass is 10.1. The van der Waals surface area contributed by atoms with Gasteiger partial charge in [0.25, 0.3) is 0 Å². The van der Waals surface area contributed by atoms with Crippen LogP contribution in [0.4, 0.5) is 0 Å². The minimum atomic E-state index is -2.89. The van der Waals surface area contributed by atoms with Gasteiger partial charge in [-0.2, -0.15) is 0 Å². The number of sulfone groups is 1. The van der Waals surface area contributed by atoms with Crippen LogP contribution in [0.5, 0.6) is 0 Å². The van der Waals surface area contributed by atoms with Crippen LogP contribution in [-0.4, -0.2) is 54.5 Å². The van der Waals surface area contributed by atoms with Crippen molar-refractivity contribution in [3.63, 3.8) is 0 Å². The van der Waals surface area contributed by atoms with E-state index < -0.39 is 21.7 Å². The van der Waals surface area contributed by atoms with Crippen LogP contribution in [0.2, 0.25) is 0 Å². The smallest absolute Gasteiger partial charge is 0.306 e. The Balaban J connectivity index is 2.08. The number of nitrogens with one attached hydrogen (secondary N) is 1. The highest BCUT2D eigenvalue weighted by molar-refractivity contribution is 8.02. The minimum absolute atomic E-state index is 0.0257. The molecule has 0 spiro atoms. The molecule has 1 aliphatic rings. The molecule has 0 saturated carbocycles. The largest absolute Gasteiger partial charge is 0.481 e. The van der Waals surface area contributed by atoms with Crippen LogP contribution in [0, 0.1) is 5.92 Å². The van der Waals surface area contributed by atoms with Crippen molar-refractivity contribution in [2.45, 2.75) is 31.4 Å². The summed E-state index contributed by atoms with van der Waals surface area (Å²) in [7, 11) is -2.89. The molecule has 1 heterocycles. The molecule has 20 heavy (non-hydrogen) atoms. The number of rotatable bonds is 8. The Labute approximate surface area is 123 Å². The first-order valence-electron chi connectivity index (χ1n) is 6.61. The van der Waals surface area contributed by atoms with Crippen molar-refractivity contribution < 1.29 is 23.1 Å². The molecule has 0 radical (unpaired) electrons. The molecule has 0 aliphatic carbocycles. The van der Waals surface area contributed by atoms with Crippen molar-refractivity contribution in [1.82, 2.24) is 5.32 Å². The first-order chi connectivity index (χ1) is 9.30. The Morgan fingerprint density at radius 1 is 1.45 bits per heavy atom. The third-order valence-electron chi connectivity index (χ3n) is 3.20. The second-order valence-electron chi connectivity index (χ2n) is 5.07. The van der Waals surface area contributed by atoms with Gasteiger partial charge in [0.1, 0.15) is 0 Å². The number of hydrogen-bond donors (Lipinski definition) is 2. The van der Waals surface area contributed by atoms with Gasteiger partial charge < -0.3 is 10.4 Å². The van der Waals surface area contributed by atoms with Crippen molar-refractivity contribution in [3.05, 3.63) is 0 Å². The SMILES string of the molecule is CC(CCCNC(=O)CSC1CCS(=O)(=O)C1)C(=O)O. The molecule has 0 aromatic heterocycles. The maximum absolute atomic E-state index is 11.5. The van der Waals surface area contributed by atoms with Crippen LogP contribution in [-0.2, 0) is 19.4 Å². The van der Waals surface area contributed by atoms with E-state index in [0.29, 0.717) is 25.8 Å². The number of thioether (sulfide) groups is 1. The summed E-state index contributed by atoms with van der Waals surface area (Å²) in [6.07, 6.45) is 1.78. The monoisotopic (exact) mass is 323 g/mol. The van der Waals surface area contributed by atoms with Crippen molar-refractivity contribution in [2.75, 3.05) is 23.8 Å². The van der Waals surface area contributed by atoms with Crippen LogP contribution >= 0.6 is 11.8 Å². The van der Waals surface area contributed by atoms with Crippen LogP contribution < -0.4 is 5.32 Å². The average Bonchev–Trinajstić information content (AvgIpc) is 2.71. The molecule has 1 saturated heterocycles. The van der Waals surface area contributed by atoms with Gasteiger partial charge in [-0.15, -0.1) is 11.8 Å². The summed E-state index contributed by atoms with van der Waals surface area (Å²) in [4.78, 5) is 22.1. The molecule has 0 aromatic carbocycles. The standard InChI is InChI=1S/C12H21NO5S2/c1-9(12(15)16)3-2-5-13-11(14)7-19-10-4-6-20(17,18)8-10/h9-10H,2-8H2,1H3,(H,13,14)(H,15,16). The van der Waals surface area contributed by atoms with Gasteiger partial charge in [-0.1, -0.05) is 6.92 Å². The van der Waals surface area contributed by atoms with Crippen molar-refractivity contribution in [2.24, 2.45) is 5.92 Å². The molecule has 2 N–H and O–H groups in total.